The molecule has 5 nitrogen and oxygen atoms in total. The third-order valence-corrected chi connectivity index (χ3v) is 4.92. The van der Waals surface area contributed by atoms with Gasteiger partial charge in [0.05, 0.1) is 10.5 Å². The number of fused-ring (bicyclic) bond motifs is 1. The van der Waals surface area contributed by atoms with Gasteiger partial charge in [0.1, 0.15) is 27.6 Å². The number of rotatable bonds is 2. The maximum Gasteiger partial charge on any atom is 0.263 e. The van der Waals surface area contributed by atoms with E-state index in [-0.39, 0.29) is 11.5 Å². The van der Waals surface area contributed by atoms with Gasteiger partial charge in [0.15, 0.2) is 0 Å². The van der Waals surface area contributed by atoms with E-state index in [9.17, 15) is 9.18 Å². The van der Waals surface area contributed by atoms with E-state index < -0.39 is 5.82 Å². The number of benzene rings is 1. The summed E-state index contributed by atoms with van der Waals surface area (Å²) in [5, 5.41) is 12.1. The highest BCUT2D eigenvalue weighted by Gasteiger charge is 2.23. The summed E-state index contributed by atoms with van der Waals surface area (Å²) in [6, 6.07) is 7.86. The molecular weight excluding hydrogens is 373 g/mol. The van der Waals surface area contributed by atoms with E-state index in [1.165, 1.54) is 12.1 Å². The summed E-state index contributed by atoms with van der Waals surface area (Å²) in [6.07, 6.45) is 4.79. The summed E-state index contributed by atoms with van der Waals surface area (Å²) in [4.78, 5) is 16.4. The molecule has 0 radical (unpaired) electrons. The molecule has 26 heavy (non-hydrogen) atoms. The maximum atomic E-state index is 13.9. The van der Waals surface area contributed by atoms with Crippen molar-refractivity contribution in [3.63, 3.8) is 0 Å². The number of carbonyl (C=O) groups is 1. The van der Waals surface area contributed by atoms with E-state index in [4.69, 9.17) is 21.9 Å². The van der Waals surface area contributed by atoms with Crippen LogP contribution < -0.4 is 5.32 Å². The molecule has 3 aromatic rings. The quantitative estimate of drug-likeness (QED) is 0.534. The molecule has 1 aliphatic rings. The fourth-order valence-electron chi connectivity index (χ4n) is 2.58. The molecule has 1 saturated heterocycles. The topological polar surface area (TPSA) is 78.9 Å². The third-order valence-electron chi connectivity index (χ3n) is 3.76. The number of hydrogen-bond acceptors (Lipinski definition) is 6. The van der Waals surface area contributed by atoms with E-state index in [0.29, 0.717) is 37.1 Å². The van der Waals surface area contributed by atoms with Gasteiger partial charge in [-0.1, -0.05) is 30.0 Å². The standard InChI is InChI=1S/C18H8FN3O2S2/c19-14-4-9(1-2-10(14)6-20)13-8-21-7-11-3-12(24-16(11)13)5-15-17(23)22-18(25)26-15/h1-5,7-8H,(H,22,23,25)/b15-5-. The maximum absolute atomic E-state index is 13.9. The molecule has 4 rings (SSSR count). The van der Waals surface area contributed by atoms with Gasteiger partial charge in [0.2, 0.25) is 0 Å². The lowest BCUT2D eigenvalue weighted by atomic mass is 10.0. The van der Waals surface area contributed by atoms with Crippen LogP contribution in [-0.4, -0.2) is 15.2 Å². The summed E-state index contributed by atoms with van der Waals surface area (Å²) in [7, 11) is 0. The van der Waals surface area contributed by atoms with Crippen LogP contribution in [0.25, 0.3) is 28.2 Å². The molecule has 0 saturated carbocycles. The van der Waals surface area contributed by atoms with Crippen LogP contribution in [0.5, 0.6) is 0 Å². The first kappa shape index (κ1) is 16.4. The number of nitrogens with zero attached hydrogens (tertiary/aromatic N) is 2. The number of aromatic nitrogens is 1. The van der Waals surface area contributed by atoms with E-state index in [0.717, 1.165) is 11.8 Å². The Morgan fingerprint density at radius 3 is 2.88 bits per heavy atom. The second kappa shape index (κ2) is 6.37. The average molecular weight is 381 g/mol. The Morgan fingerprint density at radius 1 is 1.35 bits per heavy atom. The molecule has 2 aromatic heterocycles. The van der Waals surface area contributed by atoms with Gasteiger partial charge in [-0.15, -0.1) is 0 Å². The summed E-state index contributed by atoms with van der Waals surface area (Å²) >= 11 is 6.12. The number of carbonyl (C=O) groups excluding carboxylic acids is 1. The zero-order chi connectivity index (χ0) is 18.3. The number of thiocarbonyl (C=S) groups is 1. The smallest absolute Gasteiger partial charge is 0.263 e. The third kappa shape index (κ3) is 2.87. The van der Waals surface area contributed by atoms with E-state index in [2.05, 4.69) is 10.3 Å². The van der Waals surface area contributed by atoms with Crippen molar-refractivity contribution in [3.8, 4) is 17.2 Å². The Morgan fingerprint density at radius 2 is 2.19 bits per heavy atom. The molecule has 8 heteroatoms. The van der Waals surface area contributed by atoms with Crippen molar-refractivity contribution >= 4 is 51.3 Å². The predicted octanol–water partition coefficient (Wildman–Crippen LogP) is 3.99. The number of nitrogens with one attached hydrogen (secondary N) is 1. The minimum Gasteiger partial charge on any atom is -0.456 e. The highest BCUT2D eigenvalue weighted by molar-refractivity contribution is 8.26. The van der Waals surface area contributed by atoms with Crippen molar-refractivity contribution in [2.24, 2.45) is 0 Å². The lowest BCUT2D eigenvalue weighted by molar-refractivity contribution is -0.115. The Hall–Kier alpha value is -3.02. The summed E-state index contributed by atoms with van der Waals surface area (Å²) < 4.78 is 20.2. The molecule has 0 unspecified atom stereocenters. The minimum atomic E-state index is -0.608. The monoisotopic (exact) mass is 381 g/mol. The number of amides is 1. The molecule has 126 valence electrons. The molecule has 0 bridgehead atoms. The average Bonchev–Trinajstić information content (AvgIpc) is 3.16. The lowest BCUT2D eigenvalue weighted by Crippen LogP contribution is -2.17. The minimum absolute atomic E-state index is 0.0287. The molecule has 1 N–H and O–H groups in total. The van der Waals surface area contributed by atoms with Gasteiger partial charge in [0, 0.05) is 29.4 Å². The van der Waals surface area contributed by atoms with Crippen LogP contribution in [0.1, 0.15) is 11.3 Å². The van der Waals surface area contributed by atoms with Gasteiger partial charge in [-0.05, 0) is 23.8 Å². The van der Waals surface area contributed by atoms with Crippen molar-refractivity contribution in [1.82, 2.24) is 10.3 Å². The Labute approximate surface area is 156 Å². The van der Waals surface area contributed by atoms with Crippen LogP contribution in [0.2, 0.25) is 0 Å². The Balaban J connectivity index is 1.81. The lowest BCUT2D eigenvalue weighted by Gasteiger charge is -2.03. The van der Waals surface area contributed by atoms with Crippen molar-refractivity contribution in [1.29, 1.82) is 5.26 Å². The van der Waals surface area contributed by atoms with Gasteiger partial charge in [0.25, 0.3) is 5.91 Å². The summed E-state index contributed by atoms with van der Waals surface area (Å²) in [5.41, 5.74) is 1.62. The van der Waals surface area contributed by atoms with Gasteiger partial charge in [-0.25, -0.2) is 4.39 Å². The SMILES string of the molecule is N#Cc1ccc(-c2cncc3cc(/C=C4\SC(=S)NC4=O)oc23)cc1F. The molecule has 1 fully saturated rings. The van der Waals surface area contributed by atoms with Crippen molar-refractivity contribution in [2.75, 3.05) is 0 Å². The molecule has 0 aliphatic carbocycles. The zero-order valence-corrected chi connectivity index (χ0v) is 14.6. The van der Waals surface area contributed by atoms with E-state index >= 15 is 0 Å². The van der Waals surface area contributed by atoms with Crippen LogP contribution in [-0.2, 0) is 4.79 Å². The zero-order valence-electron chi connectivity index (χ0n) is 12.9. The Bertz CT molecular complexity index is 1160. The Kier molecular flexibility index (Phi) is 4.03. The fourth-order valence-corrected chi connectivity index (χ4v) is 3.61. The number of nitriles is 1. The van der Waals surface area contributed by atoms with Gasteiger partial charge in [-0.2, -0.15) is 5.26 Å². The van der Waals surface area contributed by atoms with Crippen molar-refractivity contribution in [2.45, 2.75) is 0 Å². The van der Waals surface area contributed by atoms with Crippen molar-refractivity contribution < 1.29 is 13.6 Å². The summed E-state index contributed by atoms with van der Waals surface area (Å²) in [5.74, 6) is -0.415. The van der Waals surface area contributed by atoms with Gasteiger partial charge in [-0.3, -0.25) is 9.78 Å². The van der Waals surface area contributed by atoms with Crippen molar-refractivity contribution in [3.05, 3.63) is 58.7 Å². The highest BCUT2D eigenvalue weighted by atomic mass is 32.2. The first-order valence-corrected chi connectivity index (χ1v) is 8.60. The molecule has 1 aromatic carbocycles. The number of thioether (sulfide) groups is 1. The number of hydrogen-bond donors (Lipinski definition) is 1. The molecule has 0 atom stereocenters. The largest absolute Gasteiger partial charge is 0.456 e. The van der Waals surface area contributed by atoms with Gasteiger partial charge >= 0.3 is 0 Å². The van der Waals surface area contributed by atoms with Crippen LogP contribution in [0.15, 0.2) is 46.0 Å². The molecule has 1 aliphatic heterocycles. The van der Waals surface area contributed by atoms with Crippen LogP contribution in [0.4, 0.5) is 4.39 Å². The van der Waals surface area contributed by atoms with Crippen LogP contribution in [0, 0.1) is 17.1 Å². The number of halogens is 1. The number of pyridine rings is 1. The second-order valence-electron chi connectivity index (χ2n) is 5.41. The number of furan rings is 1. The fraction of sp³-hybridized carbons (Fsp3) is 0. The molecule has 1 amide bonds. The van der Waals surface area contributed by atoms with Gasteiger partial charge < -0.3 is 9.73 Å². The van der Waals surface area contributed by atoms with Crippen LogP contribution in [0.3, 0.4) is 0 Å². The van der Waals surface area contributed by atoms with Crippen LogP contribution >= 0.6 is 24.0 Å². The predicted molar refractivity (Wildman–Crippen MR) is 100 cm³/mol. The molecule has 0 spiro atoms. The van der Waals surface area contributed by atoms with E-state index in [1.807, 2.05) is 0 Å². The highest BCUT2D eigenvalue weighted by Crippen LogP contribution is 2.33. The normalized spacial score (nSPS) is 15.5. The first-order valence-electron chi connectivity index (χ1n) is 7.37. The molecular formula is C18H8FN3O2S2. The molecule has 3 heterocycles. The second-order valence-corrected chi connectivity index (χ2v) is 7.13. The summed E-state index contributed by atoms with van der Waals surface area (Å²) in [6.45, 7) is 0. The van der Waals surface area contributed by atoms with E-state index in [1.54, 1.807) is 36.7 Å². The first-order chi connectivity index (χ1) is 12.5.